The van der Waals surface area contributed by atoms with Gasteiger partial charge in [-0.15, -0.1) is 11.3 Å². The fourth-order valence-corrected chi connectivity index (χ4v) is 2.86. The van der Waals surface area contributed by atoms with Crippen molar-refractivity contribution >= 4 is 23.1 Å². The van der Waals surface area contributed by atoms with Crippen molar-refractivity contribution in [1.82, 2.24) is 10.3 Å². The summed E-state index contributed by atoms with van der Waals surface area (Å²) in [5, 5.41) is 3.46. The van der Waals surface area contributed by atoms with Crippen LogP contribution in [-0.2, 0) is 6.42 Å². The van der Waals surface area contributed by atoms with Gasteiger partial charge in [0.2, 0.25) is 0 Å². The van der Waals surface area contributed by atoms with Gasteiger partial charge in [0.25, 0.3) is 5.91 Å². The molecule has 0 atom stereocenters. The number of aromatic nitrogens is 1. The van der Waals surface area contributed by atoms with Gasteiger partial charge >= 0.3 is 0 Å². The maximum atomic E-state index is 11.8. The highest BCUT2D eigenvalue weighted by Crippen LogP contribution is 2.30. The second kappa shape index (κ2) is 4.41. The summed E-state index contributed by atoms with van der Waals surface area (Å²) in [6, 6.07) is 0.158. The first-order chi connectivity index (χ1) is 7.58. The van der Waals surface area contributed by atoms with E-state index in [-0.39, 0.29) is 11.9 Å². The van der Waals surface area contributed by atoms with Gasteiger partial charge in [0, 0.05) is 24.5 Å². The molecule has 0 saturated carbocycles. The van der Waals surface area contributed by atoms with E-state index >= 15 is 0 Å². The number of carbonyl (C=O) groups is 1. The molecule has 2 rings (SSSR count). The lowest BCUT2D eigenvalue weighted by molar-refractivity contribution is 0.0943. The topological polar surface area (TPSA) is 45.2 Å². The molecule has 1 aliphatic heterocycles. The fraction of sp³-hybridized carbons (Fsp3) is 0.636. The van der Waals surface area contributed by atoms with Crippen LogP contribution in [0.2, 0.25) is 0 Å². The van der Waals surface area contributed by atoms with Crippen LogP contribution in [0.4, 0.5) is 5.82 Å². The van der Waals surface area contributed by atoms with Gasteiger partial charge in [-0.1, -0.05) is 0 Å². The number of anilines is 1. The maximum absolute atomic E-state index is 11.8. The second-order valence-electron chi connectivity index (χ2n) is 4.42. The third-order valence-electron chi connectivity index (χ3n) is 2.55. The largest absolute Gasteiger partial charge is 0.359 e. The molecule has 0 bridgehead atoms. The molecule has 2 heterocycles. The molecule has 88 valence electrons. The van der Waals surface area contributed by atoms with E-state index in [9.17, 15) is 4.79 Å². The first-order valence-electron chi connectivity index (χ1n) is 5.59. The summed E-state index contributed by atoms with van der Waals surface area (Å²) in [5.74, 6) is 0.938. The van der Waals surface area contributed by atoms with Crippen molar-refractivity contribution in [2.75, 3.05) is 18.5 Å². The average Bonchev–Trinajstić information content (AvgIpc) is 2.61. The molecular weight excluding hydrogens is 222 g/mol. The molecule has 1 amide bonds. The Balaban J connectivity index is 2.21. The average molecular weight is 239 g/mol. The molecule has 0 spiro atoms. The van der Waals surface area contributed by atoms with Crippen molar-refractivity contribution in [2.45, 2.75) is 32.7 Å². The van der Waals surface area contributed by atoms with Gasteiger partial charge in [-0.05, 0) is 26.7 Å². The molecule has 0 radical (unpaired) electrons. The third-order valence-corrected chi connectivity index (χ3v) is 3.65. The Kier molecular flexibility index (Phi) is 3.14. The van der Waals surface area contributed by atoms with E-state index in [2.05, 4.69) is 15.2 Å². The predicted octanol–water partition coefficient (Wildman–Crippen LogP) is 1.66. The Morgan fingerprint density at radius 1 is 1.56 bits per heavy atom. The molecule has 1 aliphatic rings. The number of amides is 1. The summed E-state index contributed by atoms with van der Waals surface area (Å²) in [6.07, 6.45) is 2.20. The Morgan fingerprint density at radius 3 is 2.94 bits per heavy atom. The van der Waals surface area contributed by atoms with Gasteiger partial charge in [0.15, 0.2) is 5.01 Å². The molecule has 4 nitrogen and oxygen atoms in total. The summed E-state index contributed by atoms with van der Waals surface area (Å²) in [5.41, 5.74) is 0. The van der Waals surface area contributed by atoms with Crippen molar-refractivity contribution in [1.29, 1.82) is 0 Å². The third kappa shape index (κ3) is 2.19. The zero-order valence-corrected chi connectivity index (χ0v) is 10.7. The number of rotatable bonds is 2. The number of nitrogens with zero attached hydrogens (tertiary/aromatic N) is 2. The van der Waals surface area contributed by atoms with Crippen LogP contribution in [-0.4, -0.2) is 30.5 Å². The number of hydrogen-bond acceptors (Lipinski definition) is 4. The van der Waals surface area contributed by atoms with Gasteiger partial charge in [-0.25, -0.2) is 4.98 Å². The molecule has 5 heteroatoms. The van der Waals surface area contributed by atoms with E-state index in [1.54, 1.807) is 0 Å². The molecule has 0 saturated heterocycles. The van der Waals surface area contributed by atoms with Crippen LogP contribution in [0.15, 0.2) is 0 Å². The number of carbonyl (C=O) groups excluding carboxylic acids is 1. The molecule has 0 unspecified atom stereocenters. The van der Waals surface area contributed by atoms with E-state index in [0.29, 0.717) is 5.01 Å². The lowest BCUT2D eigenvalue weighted by atomic mass is 10.2. The Morgan fingerprint density at radius 2 is 2.31 bits per heavy atom. The zero-order valence-electron chi connectivity index (χ0n) is 9.91. The molecule has 0 aliphatic carbocycles. The van der Waals surface area contributed by atoms with Gasteiger partial charge in [-0.3, -0.25) is 4.79 Å². The summed E-state index contributed by atoms with van der Waals surface area (Å²) in [4.78, 5) is 19.6. The standard InChI is InChI=1S/C11H17N3OS/c1-7(2)12-10(15)11-13-9-8(16-11)5-4-6-14(9)3/h7H,4-6H2,1-3H3,(H,12,15). The summed E-state index contributed by atoms with van der Waals surface area (Å²) < 4.78 is 0. The van der Waals surface area contributed by atoms with Crippen molar-refractivity contribution in [3.63, 3.8) is 0 Å². The number of hydrogen-bond donors (Lipinski definition) is 1. The Hall–Kier alpha value is -1.10. The molecule has 0 fully saturated rings. The van der Waals surface area contributed by atoms with Crippen LogP contribution in [0, 0.1) is 0 Å². The quantitative estimate of drug-likeness (QED) is 0.853. The van der Waals surface area contributed by atoms with Crippen LogP contribution in [0.5, 0.6) is 0 Å². The van der Waals surface area contributed by atoms with Gasteiger partial charge < -0.3 is 10.2 Å². The highest BCUT2D eigenvalue weighted by atomic mass is 32.1. The molecule has 1 N–H and O–H groups in total. The minimum atomic E-state index is -0.0530. The molecule has 1 aromatic heterocycles. The molecule has 16 heavy (non-hydrogen) atoms. The normalized spacial score (nSPS) is 15.1. The molecule has 0 aromatic carbocycles. The SMILES string of the molecule is CC(C)NC(=O)c1nc2c(s1)CCCN2C. The number of aryl methyl sites for hydroxylation is 1. The Bertz CT molecular complexity index is 400. The van der Waals surface area contributed by atoms with E-state index in [1.807, 2.05) is 20.9 Å². The van der Waals surface area contributed by atoms with Gasteiger partial charge in [-0.2, -0.15) is 0 Å². The van der Waals surface area contributed by atoms with Gasteiger partial charge in [0.05, 0.1) is 0 Å². The summed E-state index contributed by atoms with van der Waals surface area (Å²) in [7, 11) is 2.03. The predicted molar refractivity (Wildman–Crippen MR) is 66.3 cm³/mol. The van der Waals surface area contributed by atoms with E-state index in [1.165, 1.54) is 16.2 Å². The highest BCUT2D eigenvalue weighted by Gasteiger charge is 2.22. The first-order valence-corrected chi connectivity index (χ1v) is 6.41. The molecule has 1 aromatic rings. The van der Waals surface area contributed by atoms with Crippen LogP contribution in [0.25, 0.3) is 0 Å². The van der Waals surface area contributed by atoms with E-state index < -0.39 is 0 Å². The Labute approximate surface area is 99.7 Å². The van der Waals surface area contributed by atoms with Crippen LogP contribution >= 0.6 is 11.3 Å². The maximum Gasteiger partial charge on any atom is 0.280 e. The summed E-state index contributed by atoms with van der Waals surface area (Å²) >= 11 is 1.52. The van der Waals surface area contributed by atoms with Gasteiger partial charge in [0.1, 0.15) is 5.82 Å². The minimum Gasteiger partial charge on any atom is -0.359 e. The van der Waals surface area contributed by atoms with Crippen LogP contribution in [0.3, 0.4) is 0 Å². The number of thiazole rings is 1. The molecular formula is C11H17N3OS. The second-order valence-corrected chi connectivity index (χ2v) is 5.50. The number of nitrogens with one attached hydrogen (secondary N) is 1. The van der Waals surface area contributed by atoms with Crippen molar-refractivity contribution in [2.24, 2.45) is 0 Å². The lowest BCUT2D eigenvalue weighted by Gasteiger charge is -2.22. The minimum absolute atomic E-state index is 0.0530. The smallest absolute Gasteiger partial charge is 0.280 e. The number of fused-ring (bicyclic) bond motifs is 1. The van der Waals surface area contributed by atoms with Crippen LogP contribution in [0.1, 0.15) is 34.9 Å². The fourth-order valence-electron chi connectivity index (χ4n) is 1.81. The summed E-state index contributed by atoms with van der Waals surface area (Å²) in [6.45, 7) is 4.94. The zero-order chi connectivity index (χ0) is 11.7. The van der Waals surface area contributed by atoms with Crippen molar-refractivity contribution < 1.29 is 4.79 Å². The van der Waals surface area contributed by atoms with Crippen molar-refractivity contribution in [3.05, 3.63) is 9.88 Å². The van der Waals surface area contributed by atoms with Crippen molar-refractivity contribution in [3.8, 4) is 0 Å². The highest BCUT2D eigenvalue weighted by molar-refractivity contribution is 7.14. The van der Waals surface area contributed by atoms with E-state index in [0.717, 1.165) is 25.2 Å². The monoisotopic (exact) mass is 239 g/mol. The van der Waals surface area contributed by atoms with E-state index in [4.69, 9.17) is 0 Å². The van der Waals surface area contributed by atoms with Crippen LogP contribution < -0.4 is 10.2 Å². The first kappa shape index (κ1) is 11.4. The lowest BCUT2D eigenvalue weighted by Crippen LogP contribution is -2.30.